The number of ketones is 1. The SMILES string of the molecule is CNC(=O)[C@@H](NC(=O)C(CC(C)C)[C@@H](C(C)=O)C1CCSC1)C(C)(C)C. The molecule has 1 aliphatic heterocycles. The molecule has 0 aromatic rings. The topological polar surface area (TPSA) is 75.3 Å². The lowest BCUT2D eigenvalue weighted by Crippen LogP contribution is -2.55. The highest BCUT2D eigenvalue weighted by Gasteiger charge is 2.41. The third-order valence-electron chi connectivity index (χ3n) is 5.10. The quantitative estimate of drug-likeness (QED) is 0.675. The highest BCUT2D eigenvalue weighted by Crippen LogP contribution is 2.37. The second kappa shape index (κ2) is 9.77. The summed E-state index contributed by atoms with van der Waals surface area (Å²) in [4.78, 5) is 38.0. The Kier molecular flexibility index (Phi) is 8.64. The van der Waals surface area contributed by atoms with Gasteiger partial charge in [-0.3, -0.25) is 14.4 Å². The van der Waals surface area contributed by atoms with Crippen molar-refractivity contribution >= 4 is 29.4 Å². The fourth-order valence-electron chi connectivity index (χ4n) is 3.77. The van der Waals surface area contributed by atoms with Crippen LogP contribution in [0.4, 0.5) is 0 Å². The summed E-state index contributed by atoms with van der Waals surface area (Å²) in [7, 11) is 1.58. The first-order chi connectivity index (χ1) is 12.0. The smallest absolute Gasteiger partial charge is 0.242 e. The zero-order chi connectivity index (χ0) is 20.1. The Morgan fingerprint density at radius 1 is 1.15 bits per heavy atom. The second-order valence-electron chi connectivity index (χ2n) is 8.92. The molecule has 2 unspecified atom stereocenters. The molecule has 1 heterocycles. The third-order valence-corrected chi connectivity index (χ3v) is 6.29. The van der Waals surface area contributed by atoms with Crippen molar-refractivity contribution in [3.05, 3.63) is 0 Å². The van der Waals surface area contributed by atoms with Crippen LogP contribution in [0.5, 0.6) is 0 Å². The summed E-state index contributed by atoms with van der Waals surface area (Å²) in [5.74, 6) is 1.60. The molecule has 5 nitrogen and oxygen atoms in total. The summed E-state index contributed by atoms with van der Waals surface area (Å²) in [6, 6.07) is -0.625. The maximum Gasteiger partial charge on any atom is 0.242 e. The Morgan fingerprint density at radius 3 is 2.15 bits per heavy atom. The van der Waals surface area contributed by atoms with Crippen LogP contribution in [-0.2, 0) is 14.4 Å². The monoisotopic (exact) mass is 384 g/mol. The van der Waals surface area contributed by atoms with E-state index in [0.29, 0.717) is 12.3 Å². The van der Waals surface area contributed by atoms with E-state index in [4.69, 9.17) is 0 Å². The van der Waals surface area contributed by atoms with Crippen LogP contribution in [0.1, 0.15) is 54.4 Å². The average Bonchev–Trinajstić information content (AvgIpc) is 3.03. The van der Waals surface area contributed by atoms with E-state index in [9.17, 15) is 14.4 Å². The van der Waals surface area contributed by atoms with Gasteiger partial charge >= 0.3 is 0 Å². The van der Waals surface area contributed by atoms with Crippen molar-refractivity contribution in [3.8, 4) is 0 Å². The first-order valence-electron chi connectivity index (χ1n) is 9.59. The molecule has 26 heavy (non-hydrogen) atoms. The van der Waals surface area contributed by atoms with E-state index in [-0.39, 0.29) is 35.4 Å². The number of carbonyl (C=O) groups excluding carboxylic acids is 3. The fraction of sp³-hybridized carbons (Fsp3) is 0.850. The Morgan fingerprint density at radius 2 is 1.77 bits per heavy atom. The van der Waals surface area contributed by atoms with Crippen LogP contribution in [-0.4, -0.2) is 42.2 Å². The van der Waals surface area contributed by atoms with Gasteiger partial charge in [0.25, 0.3) is 0 Å². The van der Waals surface area contributed by atoms with Crippen molar-refractivity contribution in [3.63, 3.8) is 0 Å². The molecule has 4 atom stereocenters. The molecule has 2 N–H and O–H groups in total. The number of Topliss-reactive ketones (excluding diaryl/α,β-unsaturated/α-hetero) is 1. The molecule has 0 saturated carbocycles. The predicted octanol–water partition coefficient (Wildman–Crippen LogP) is 2.88. The maximum atomic E-state index is 13.2. The van der Waals surface area contributed by atoms with Gasteiger partial charge in [-0.1, -0.05) is 34.6 Å². The molecule has 6 heteroatoms. The highest BCUT2D eigenvalue weighted by atomic mass is 32.2. The van der Waals surface area contributed by atoms with Crippen LogP contribution in [0.2, 0.25) is 0 Å². The van der Waals surface area contributed by atoms with Crippen LogP contribution >= 0.6 is 11.8 Å². The lowest BCUT2D eigenvalue weighted by Gasteiger charge is -2.34. The van der Waals surface area contributed by atoms with Crippen LogP contribution in [0, 0.1) is 29.1 Å². The minimum Gasteiger partial charge on any atom is -0.357 e. The van der Waals surface area contributed by atoms with E-state index in [2.05, 4.69) is 24.5 Å². The number of carbonyl (C=O) groups is 3. The van der Waals surface area contributed by atoms with Gasteiger partial charge < -0.3 is 10.6 Å². The number of hydrogen-bond acceptors (Lipinski definition) is 4. The van der Waals surface area contributed by atoms with Gasteiger partial charge in [0.2, 0.25) is 11.8 Å². The summed E-state index contributed by atoms with van der Waals surface area (Å²) in [5, 5.41) is 5.60. The van der Waals surface area contributed by atoms with Gasteiger partial charge in [0.1, 0.15) is 11.8 Å². The van der Waals surface area contributed by atoms with Crippen LogP contribution in [0.3, 0.4) is 0 Å². The first-order valence-corrected chi connectivity index (χ1v) is 10.7. The number of nitrogens with one attached hydrogen (secondary N) is 2. The van der Waals surface area contributed by atoms with Crippen LogP contribution in [0.15, 0.2) is 0 Å². The minimum absolute atomic E-state index is 0.0885. The van der Waals surface area contributed by atoms with E-state index in [0.717, 1.165) is 17.9 Å². The molecular formula is C20H36N2O3S. The van der Waals surface area contributed by atoms with E-state index >= 15 is 0 Å². The molecule has 1 rings (SSSR count). The number of amides is 2. The molecule has 0 spiro atoms. The number of hydrogen-bond donors (Lipinski definition) is 2. The van der Waals surface area contributed by atoms with Gasteiger partial charge in [-0.25, -0.2) is 0 Å². The van der Waals surface area contributed by atoms with Crippen molar-refractivity contribution < 1.29 is 14.4 Å². The lowest BCUT2D eigenvalue weighted by atomic mass is 9.74. The van der Waals surface area contributed by atoms with Gasteiger partial charge in [-0.15, -0.1) is 0 Å². The number of likely N-dealkylation sites (N-methyl/N-ethyl adjacent to an activating group) is 1. The molecule has 1 aliphatic rings. The first kappa shape index (κ1) is 23.0. The molecule has 0 bridgehead atoms. The summed E-state index contributed by atoms with van der Waals surface area (Å²) in [6.07, 6.45) is 1.64. The van der Waals surface area contributed by atoms with Gasteiger partial charge in [-0.05, 0) is 48.5 Å². The lowest BCUT2D eigenvalue weighted by molar-refractivity contribution is -0.138. The number of rotatable bonds is 8. The molecule has 1 fully saturated rings. The van der Waals surface area contributed by atoms with Crippen LogP contribution < -0.4 is 10.6 Å². The van der Waals surface area contributed by atoms with Crippen molar-refractivity contribution in [2.45, 2.75) is 60.4 Å². The van der Waals surface area contributed by atoms with Crippen molar-refractivity contribution in [1.82, 2.24) is 10.6 Å². The van der Waals surface area contributed by atoms with Gasteiger partial charge in [0, 0.05) is 18.9 Å². The van der Waals surface area contributed by atoms with E-state index in [1.54, 1.807) is 14.0 Å². The molecule has 150 valence electrons. The van der Waals surface area contributed by atoms with E-state index in [1.165, 1.54) is 0 Å². The summed E-state index contributed by atoms with van der Waals surface area (Å²) in [6.45, 7) is 11.5. The Balaban J connectivity index is 3.10. The predicted molar refractivity (Wildman–Crippen MR) is 108 cm³/mol. The molecule has 1 saturated heterocycles. The highest BCUT2D eigenvalue weighted by molar-refractivity contribution is 7.99. The number of thioether (sulfide) groups is 1. The largest absolute Gasteiger partial charge is 0.357 e. The third kappa shape index (κ3) is 6.29. The second-order valence-corrected chi connectivity index (χ2v) is 10.1. The standard InChI is InChI=1S/C20H36N2O3S/c1-12(2)10-15(16(13(3)23)14-8-9-26-11-14)18(24)22-17(19(25)21-7)20(4,5)6/h12,14-17H,8-11H2,1-7H3,(H,21,25)(H,22,24)/t14?,15?,16-,17+/m0/s1. The van der Waals surface area contributed by atoms with Crippen molar-refractivity contribution in [1.29, 1.82) is 0 Å². The van der Waals surface area contributed by atoms with Crippen LogP contribution in [0.25, 0.3) is 0 Å². The Labute approximate surface area is 162 Å². The van der Waals surface area contributed by atoms with E-state index in [1.807, 2.05) is 32.5 Å². The molecule has 0 aromatic heterocycles. The molecule has 2 amide bonds. The fourth-order valence-corrected chi connectivity index (χ4v) is 5.09. The zero-order valence-corrected chi connectivity index (χ0v) is 18.2. The average molecular weight is 385 g/mol. The summed E-state index contributed by atoms with van der Waals surface area (Å²) < 4.78 is 0. The van der Waals surface area contributed by atoms with Gasteiger partial charge in [0.15, 0.2) is 0 Å². The van der Waals surface area contributed by atoms with Gasteiger partial charge in [-0.2, -0.15) is 11.8 Å². The zero-order valence-electron chi connectivity index (χ0n) is 17.3. The molecule has 0 aliphatic carbocycles. The van der Waals surface area contributed by atoms with Gasteiger partial charge in [0.05, 0.1) is 0 Å². The Hall–Kier alpha value is -1.04. The summed E-state index contributed by atoms with van der Waals surface area (Å²) in [5.41, 5.74) is -0.410. The molecule has 0 aromatic carbocycles. The van der Waals surface area contributed by atoms with E-state index < -0.39 is 11.5 Å². The minimum atomic E-state index is -0.625. The van der Waals surface area contributed by atoms with Crippen molar-refractivity contribution in [2.75, 3.05) is 18.6 Å². The van der Waals surface area contributed by atoms with Crippen molar-refractivity contribution in [2.24, 2.45) is 29.1 Å². The summed E-state index contributed by atoms with van der Waals surface area (Å²) >= 11 is 1.85. The molecular weight excluding hydrogens is 348 g/mol. The normalized spacial score (nSPS) is 21.2. The Bertz CT molecular complexity index is 508. The molecule has 0 radical (unpaired) electrons. The maximum absolute atomic E-state index is 13.2.